The van der Waals surface area contributed by atoms with Gasteiger partial charge in [-0.1, -0.05) is 13.3 Å². The van der Waals surface area contributed by atoms with Gasteiger partial charge in [-0.25, -0.2) is 4.98 Å². The molecule has 0 saturated carbocycles. The topological polar surface area (TPSA) is 54.0 Å². The van der Waals surface area contributed by atoms with E-state index < -0.39 is 0 Å². The third kappa shape index (κ3) is 3.40. The van der Waals surface area contributed by atoms with E-state index in [1.807, 2.05) is 13.0 Å². The first-order chi connectivity index (χ1) is 10.8. The van der Waals surface area contributed by atoms with E-state index >= 15 is 0 Å². The summed E-state index contributed by atoms with van der Waals surface area (Å²) < 4.78 is 5.70. The SMILES string of the molecule is CCCCc1cc(N2C3CCC2COC3)nc(C)ccn[nH]1. The number of aromatic amines is 1. The Morgan fingerprint density at radius 2 is 2.09 bits per heavy atom. The third-order valence-corrected chi connectivity index (χ3v) is 4.50. The minimum Gasteiger partial charge on any atom is -0.377 e. The lowest BCUT2D eigenvalue weighted by atomic mass is 10.2. The average molecular weight is 302 g/mol. The van der Waals surface area contributed by atoms with Gasteiger partial charge in [0.1, 0.15) is 5.82 Å². The Balaban J connectivity index is 2.01. The van der Waals surface area contributed by atoms with Crippen LogP contribution in [0.4, 0.5) is 5.82 Å². The molecule has 0 radical (unpaired) electrons. The van der Waals surface area contributed by atoms with E-state index in [1.54, 1.807) is 6.20 Å². The Morgan fingerprint density at radius 1 is 1.32 bits per heavy atom. The van der Waals surface area contributed by atoms with Gasteiger partial charge in [-0.05, 0) is 38.7 Å². The molecule has 2 unspecified atom stereocenters. The van der Waals surface area contributed by atoms with E-state index in [2.05, 4.69) is 28.1 Å². The molecule has 0 aliphatic carbocycles. The fourth-order valence-electron chi connectivity index (χ4n) is 3.33. The summed E-state index contributed by atoms with van der Waals surface area (Å²) in [5.74, 6) is 1.06. The Bertz CT molecular complexity index is 540. The Labute approximate surface area is 132 Å². The number of nitrogens with zero attached hydrogens (tertiary/aromatic N) is 3. The predicted octanol–water partition coefficient (Wildman–Crippen LogP) is 2.95. The van der Waals surface area contributed by atoms with Crippen molar-refractivity contribution in [2.24, 2.45) is 0 Å². The summed E-state index contributed by atoms with van der Waals surface area (Å²) in [7, 11) is 0. The highest BCUT2D eigenvalue weighted by Crippen LogP contribution is 2.32. The van der Waals surface area contributed by atoms with Gasteiger partial charge < -0.3 is 9.64 Å². The number of hydrogen-bond donors (Lipinski definition) is 1. The first-order valence-corrected chi connectivity index (χ1v) is 8.39. The molecular weight excluding hydrogens is 276 g/mol. The number of aromatic nitrogens is 3. The van der Waals surface area contributed by atoms with Crippen LogP contribution in [0.3, 0.4) is 0 Å². The smallest absolute Gasteiger partial charge is 0.131 e. The Morgan fingerprint density at radius 3 is 2.82 bits per heavy atom. The molecule has 1 N–H and O–H groups in total. The Kier molecular flexibility index (Phi) is 4.93. The molecule has 3 rings (SSSR count). The molecular formula is C17H26N4O. The maximum absolute atomic E-state index is 5.70. The van der Waals surface area contributed by atoms with Crippen molar-refractivity contribution in [1.82, 2.24) is 15.2 Å². The summed E-state index contributed by atoms with van der Waals surface area (Å²) in [5.41, 5.74) is 2.13. The van der Waals surface area contributed by atoms with E-state index in [0.717, 1.165) is 43.3 Å². The molecule has 0 amide bonds. The molecule has 5 nitrogen and oxygen atoms in total. The normalized spacial score (nSPS) is 23.5. The van der Waals surface area contributed by atoms with Crippen LogP contribution in [-0.4, -0.2) is 40.5 Å². The summed E-state index contributed by atoms with van der Waals surface area (Å²) in [5, 5.41) is 7.46. The van der Waals surface area contributed by atoms with Gasteiger partial charge in [-0.15, -0.1) is 0 Å². The maximum atomic E-state index is 5.70. The van der Waals surface area contributed by atoms with Gasteiger partial charge in [0.2, 0.25) is 0 Å². The number of morpholine rings is 1. The van der Waals surface area contributed by atoms with Crippen LogP contribution >= 0.6 is 0 Å². The molecule has 5 heteroatoms. The molecule has 2 fully saturated rings. The summed E-state index contributed by atoms with van der Waals surface area (Å²) >= 11 is 0. The number of ether oxygens (including phenoxy) is 1. The number of fused-ring (bicyclic) bond motifs is 2. The molecule has 1 aromatic heterocycles. The van der Waals surface area contributed by atoms with Crippen molar-refractivity contribution in [3.63, 3.8) is 0 Å². The van der Waals surface area contributed by atoms with E-state index in [-0.39, 0.29) is 0 Å². The zero-order valence-corrected chi connectivity index (χ0v) is 13.6. The lowest BCUT2D eigenvalue weighted by molar-refractivity contribution is 0.0902. The number of H-pyrrole nitrogens is 1. The van der Waals surface area contributed by atoms with Gasteiger partial charge in [0, 0.05) is 23.7 Å². The molecule has 2 atom stereocenters. The van der Waals surface area contributed by atoms with Crippen molar-refractivity contribution in [2.45, 2.75) is 58.0 Å². The van der Waals surface area contributed by atoms with Crippen molar-refractivity contribution in [2.75, 3.05) is 18.1 Å². The molecule has 22 heavy (non-hydrogen) atoms. The first-order valence-electron chi connectivity index (χ1n) is 8.39. The lowest BCUT2D eigenvalue weighted by Gasteiger charge is -2.35. The Hall–Kier alpha value is -1.62. The van der Waals surface area contributed by atoms with Gasteiger partial charge in [0.25, 0.3) is 0 Å². The minimum atomic E-state index is 0.468. The van der Waals surface area contributed by atoms with Crippen LogP contribution in [0.15, 0.2) is 18.3 Å². The minimum absolute atomic E-state index is 0.468. The second kappa shape index (κ2) is 7.09. The zero-order chi connectivity index (χ0) is 15.4. The second-order valence-corrected chi connectivity index (χ2v) is 6.27. The zero-order valence-electron chi connectivity index (χ0n) is 13.6. The molecule has 120 valence electrons. The quantitative estimate of drug-likeness (QED) is 0.929. The molecule has 2 aliphatic rings. The first kappa shape index (κ1) is 15.3. The van der Waals surface area contributed by atoms with E-state index in [4.69, 9.17) is 9.72 Å². The molecule has 2 aliphatic heterocycles. The third-order valence-electron chi connectivity index (χ3n) is 4.50. The van der Waals surface area contributed by atoms with Crippen LogP contribution in [0.25, 0.3) is 0 Å². The standard InChI is InChI=1S/C17H26N4O/c1-3-4-5-14-10-17(19-13(2)8-9-18-20-14)21-15-6-7-16(21)12-22-11-15/h8-10,15-16,20H,3-7,11-12H2,1-2H3. The highest BCUT2D eigenvalue weighted by molar-refractivity contribution is 5.44. The molecule has 3 heterocycles. The monoisotopic (exact) mass is 302 g/mol. The number of aryl methyl sites for hydroxylation is 2. The van der Waals surface area contributed by atoms with Crippen molar-refractivity contribution in [3.05, 3.63) is 29.7 Å². The van der Waals surface area contributed by atoms with Crippen LogP contribution in [0, 0.1) is 6.92 Å². The molecule has 2 saturated heterocycles. The van der Waals surface area contributed by atoms with Gasteiger partial charge in [-0.2, -0.15) is 5.10 Å². The second-order valence-electron chi connectivity index (χ2n) is 6.27. The number of rotatable bonds is 4. The summed E-state index contributed by atoms with van der Waals surface area (Å²) in [6.07, 6.45) is 7.53. The van der Waals surface area contributed by atoms with Crippen LogP contribution in [0.2, 0.25) is 0 Å². The highest BCUT2D eigenvalue weighted by Gasteiger charge is 2.38. The molecule has 0 spiro atoms. The van der Waals surface area contributed by atoms with Crippen molar-refractivity contribution < 1.29 is 4.74 Å². The summed E-state index contributed by atoms with van der Waals surface area (Å²) in [6.45, 7) is 5.88. The average Bonchev–Trinajstić information content (AvgIpc) is 2.81. The molecule has 1 aromatic rings. The van der Waals surface area contributed by atoms with Gasteiger partial charge in [-0.3, -0.25) is 5.10 Å². The number of unbranched alkanes of at least 4 members (excludes halogenated alkanes) is 1. The molecule has 2 bridgehead atoms. The number of hydrogen-bond acceptors (Lipinski definition) is 4. The largest absolute Gasteiger partial charge is 0.377 e. The van der Waals surface area contributed by atoms with Gasteiger partial charge in [0.05, 0.1) is 25.3 Å². The van der Waals surface area contributed by atoms with Crippen LogP contribution < -0.4 is 4.90 Å². The van der Waals surface area contributed by atoms with Gasteiger partial charge >= 0.3 is 0 Å². The summed E-state index contributed by atoms with van der Waals surface area (Å²) in [4.78, 5) is 7.33. The van der Waals surface area contributed by atoms with Crippen molar-refractivity contribution in [1.29, 1.82) is 0 Å². The number of nitrogens with one attached hydrogen (secondary N) is 1. The highest BCUT2D eigenvalue weighted by atomic mass is 16.5. The van der Waals surface area contributed by atoms with Gasteiger partial charge in [0.15, 0.2) is 0 Å². The van der Waals surface area contributed by atoms with E-state index in [0.29, 0.717) is 12.1 Å². The fraction of sp³-hybridized carbons (Fsp3) is 0.647. The molecule has 0 aromatic carbocycles. The fourth-order valence-corrected chi connectivity index (χ4v) is 3.33. The number of anilines is 1. The van der Waals surface area contributed by atoms with Crippen LogP contribution in [0.5, 0.6) is 0 Å². The maximum Gasteiger partial charge on any atom is 0.131 e. The van der Waals surface area contributed by atoms with Crippen LogP contribution in [0.1, 0.15) is 44.0 Å². The predicted molar refractivity (Wildman–Crippen MR) is 87.5 cm³/mol. The summed E-state index contributed by atoms with van der Waals surface area (Å²) in [6, 6.07) is 5.07. The van der Waals surface area contributed by atoms with Crippen LogP contribution in [-0.2, 0) is 11.2 Å². The van der Waals surface area contributed by atoms with Crippen molar-refractivity contribution >= 4 is 5.82 Å². The van der Waals surface area contributed by atoms with E-state index in [9.17, 15) is 0 Å². The van der Waals surface area contributed by atoms with E-state index in [1.165, 1.54) is 19.3 Å². The lowest BCUT2D eigenvalue weighted by Crippen LogP contribution is -2.46. The van der Waals surface area contributed by atoms with Crippen molar-refractivity contribution in [3.8, 4) is 0 Å².